The van der Waals surface area contributed by atoms with Gasteiger partial charge in [-0.15, -0.1) is 0 Å². The second kappa shape index (κ2) is 9.20. The van der Waals surface area contributed by atoms with Gasteiger partial charge in [0.2, 0.25) is 0 Å². The van der Waals surface area contributed by atoms with Crippen LogP contribution in [0.1, 0.15) is 20.7 Å². The lowest BCUT2D eigenvalue weighted by Crippen LogP contribution is -2.45. The molecule has 0 aliphatic carbocycles. The van der Waals surface area contributed by atoms with Crippen molar-refractivity contribution in [2.45, 2.75) is 12.6 Å². The Bertz CT molecular complexity index is 730. The van der Waals surface area contributed by atoms with Gasteiger partial charge in [-0.25, -0.2) is 9.59 Å². The van der Waals surface area contributed by atoms with E-state index in [-0.39, 0.29) is 0 Å². The fourth-order valence-electron chi connectivity index (χ4n) is 2.51. The summed E-state index contributed by atoms with van der Waals surface area (Å²) in [5.41, 5.74) is 0.823. The number of rotatable bonds is 6. The summed E-state index contributed by atoms with van der Waals surface area (Å²) in [4.78, 5) is 23.0. The van der Waals surface area contributed by atoms with E-state index in [4.69, 9.17) is 18.9 Å². The second-order valence-electron chi connectivity index (χ2n) is 5.75. The minimum Gasteiger partial charge on any atom is -0.465 e. The SMILES string of the molecule is COC(=O)c1ccc(O[C@H]2OCCO[C@@H]2Oc2ccc(C(=O)OC)cc2)cc1. The highest BCUT2D eigenvalue weighted by Gasteiger charge is 2.31. The Balaban J connectivity index is 1.65. The van der Waals surface area contributed by atoms with E-state index in [2.05, 4.69) is 9.47 Å². The molecule has 0 amide bonds. The first-order valence-corrected chi connectivity index (χ1v) is 8.54. The van der Waals surface area contributed by atoms with E-state index in [0.29, 0.717) is 35.8 Å². The molecule has 1 aliphatic rings. The van der Waals surface area contributed by atoms with Gasteiger partial charge in [0.25, 0.3) is 12.6 Å². The third kappa shape index (κ3) is 4.79. The van der Waals surface area contributed by atoms with E-state index in [1.54, 1.807) is 48.5 Å². The van der Waals surface area contributed by atoms with E-state index in [1.165, 1.54) is 14.2 Å². The lowest BCUT2D eigenvalue weighted by atomic mass is 10.2. The highest BCUT2D eigenvalue weighted by molar-refractivity contribution is 5.89. The van der Waals surface area contributed by atoms with Gasteiger partial charge in [-0.05, 0) is 48.5 Å². The smallest absolute Gasteiger partial charge is 0.337 e. The van der Waals surface area contributed by atoms with Crippen molar-refractivity contribution in [3.63, 3.8) is 0 Å². The highest BCUT2D eigenvalue weighted by atomic mass is 16.8. The normalized spacial score (nSPS) is 18.8. The molecule has 1 heterocycles. The Kier molecular flexibility index (Phi) is 6.46. The van der Waals surface area contributed by atoms with Gasteiger partial charge in [0.1, 0.15) is 11.5 Å². The summed E-state index contributed by atoms with van der Waals surface area (Å²) in [6, 6.07) is 12.9. The van der Waals surface area contributed by atoms with Crippen LogP contribution in [-0.4, -0.2) is 52.0 Å². The number of methoxy groups -OCH3 is 2. The Labute approximate surface area is 161 Å². The molecule has 0 saturated carbocycles. The Morgan fingerprint density at radius 1 is 0.714 bits per heavy atom. The molecular weight excluding hydrogens is 368 g/mol. The third-order valence-electron chi connectivity index (χ3n) is 3.93. The first-order chi connectivity index (χ1) is 13.6. The minimum absolute atomic E-state index is 0.353. The van der Waals surface area contributed by atoms with Crippen LogP contribution in [0.4, 0.5) is 0 Å². The van der Waals surface area contributed by atoms with Crippen molar-refractivity contribution in [3.05, 3.63) is 59.7 Å². The van der Waals surface area contributed by atoms with Crippen LogP contribution in [0.2, 0.25) is 0 Å². The lowest BCUT2D eigenvalue weighted by molar-refractivity contribution is -0.271. The minimum atomic E-state index is -0.807. The monoisotopic (exact) mass is 388 g/mol. The van der Waals surface area contributed by atoms with E-state index in [1.807, 2.05) is 0 Å². The van der Waals surface area contributed by atoms with Gasteiger partial charge in [-0.2, -0.15) is 0 Å². The van der Waals surface area contributed by atoms with Crippen molar-refractivity contribution in [2.24, 2.45) is 0 Å². The van der Waals surface area contributed by atoms with E-state index in [9.17, 15) is 9.59 Å². The quantitative estimate of drug-likeness (QED) is 0.697. The molecule has 2 atom stereocenters. The van der Waals surface area contributed by atoms with E-state index in [0.717, 1.165) is 0 Å². The van der Waals surface area contributed by atoms with Crippen LogP contribution in [0.25, 0.3) is 0 Å². The molecule has 148 valence electrons. The van der Waals surface area contributed by atoms with Crippen LogP contribution in [0.5, 0.6) is 11.5 Å². The van der Waals surface area contributed by atoms with Crippen molar-refractivity contribution < 1.29 is 38.0 Å². The molecule has 8 nitrogen and oxygen atoms in total. The summed E-state index contributed by atoms with van der Waals surface area (Å²) in [6.07, 6.45) is -1.61. The number of carbonyl (C=O) groups is 2. The van der Waals surface area contributed by atoms with Gasteiger partial charge in [0.05, 0.1) is 38.6 Å². The Morgan fingerprint density at radius 3 is 1.39 bits per heavy atom. The molecule has 2 aromatic rings. The maximum Gasteiger partial charge on any atom is 0.337 e. The largest absolute Gasteiger partial charge is 0.465 e. The van der Waals surface area contributed by atoms with Crippen molar-refractivity contribution in [3.8, 4) is 11.5 Å². The summed E-state index contributed by atoms with van der Waals surface area (Å²) in [6.45, 7) is 0.706. The second-order valence-corrected chi connectivity index (χ2v) is 5.75. The van der Waals surface area contributed by atoms with Gasteiger partial charge >= 0.3 is 11.9 Å². The van der Waals surface area contributed by atoms with Crippen LogP contribution < -0.4 is 9.47 Å². The number of benzene rings is 2. The van der Waals surface area contributed by atoms with E-state index < -0.39 is 24.5 Å². The maximum atomic E-state index is 11.5. The van der Waals surface area contributed by atoms with E-state index >= 15 is 0 Å². The Hall–Kier alpha value is -3.10. The number of hydrogen-bond acceptors (Lipinski definition) is 8. The molecule has 0 bridgehead atoms. The summed E-state index contributed by atoms with van der Waals surface area (Å²) < 4.78 is 32.1. The molecule has 0 spiro atoms. The number of hydrogen-bond donors (Lipinski definition) is 0. The molecule has 0 aromatic heterocycles. The van der Waals surface area contributed by atoms with Gasteiger partial charge in [-0.3, -0.25) is 0 Å². The third-order valence-corrected chi connectivity index (χ3v) is 3.93. The van der Waals surface area contributed by atoms with Crippen molar-refractivity contribution in [1.29, 1.82) is 0 Å². The zero-order chi connectivity index (χ0) is 19.9. The molecular formula is C20H20O8. The van der Waals surface area contributed by atoms with Crippen LogP contribution in [-0.2, 0) is 18.9 Å². The fourth-order valence-corrected chi connectivity index (χ4v) is 2.51. The molecule has 3 rings (SSSR count). The lowest BCUT2D eigenvalue weighted by Gasteiger charge is -2.31. The number of ether oxygens (including phenoxy) is 6. The van der Waals surface area contributed by atoms with Gasteiger partial charge in [0.15, 0.2) is 0 Å². The summed E-state index contributed by atoms with van der Waals surface area (Å²) >= 11 is 0. The zero-order valence-corrected chi connectivity index (χ0v) is 15.5. The van der Waals surface area contributed by atoms with Crippen LogP contribution in [0.3, 0.4) is 0 Å². The molecule has 1 aliphatic heterocycles. The van der Waals surface area contributed by atoms with Gasteiger partial charge in [-0.1, -0.05) is 0 Å². The van der Waals surface area contributed by atoms with Crippen molar-refractivity contribution in [2.75, 3.05) is 27.4 Å². The summed E-state index contributed by atoms with van der Waals surface area (Å²) in [5, 5.41) is 0. The molecule has 0 radical (unpaired) electrons. The van der Waals surface area contributed by atoms with Crippen LogP contribution in [0, 0.1) is 0 Å². The topological polar surface area (TPSA) is 89.5 Å². The predicted molar refractivity (Wildman–Crippen MR) is 96.3 cm³/mol. The zero-order valence-electron chi connectivity index (χ0n) is 15.5. The number of esters is 2. The van der Waals surface area contributed by atoms with Crippen molar-refractivity contribution >= 4 is 11.9 Å². The molecule has 0 N–H and O–H groups in total. The average molecular weight is 388 g/mol. The maximum absolute atomic E-state index is 11.5. The molecule has 1 fully saturated rings. The first-order valence-electron chi connectivity index (χ1n) is 8.54. The Morgan fingerprint density at radius 2 is 1.07 bits per heavy atom. The molecule has 0 unspecified atom stereocenters. The predicted octanol–water partition coefficient (Wildman–Crippen LogP) is 2.42. The molecule has 28 heavy (non-hydrogen) atoms. The standard InChI is InChI=1S/C20H20O8/c1-23-17(21)13-3-7-15(8-4-13)27-19-20(26-12-11-25-19)28-16-9-5-14(6-10-16)18(22)24-2/h3-10,19-20H,11-12H2,1-2H3/t19-,20-/m1/s1. The fraction of sp³-hybridized carbons (Fsp3) is 0.300. The summed E-state index contributed by atoms with van der Waals surface area (Å²) in [7, 11) is 2.64. The van der Waals surface area contributed by atoms with Crippen molar-refractivity contribution in [1.82, 2.24) is 0 Å². The van der Waals surface area contributed by atoms with Crippen LogP contribution >= 0.6 is 0 Å². The van der Waals surface area contributed by atoms with Gasteiger partial charge in [0, 0.05) is 0 Å². The van der Waals surface area contributed by atoms with Gasteiger partial charge < -0.3 is 28.4 Å². The molecule has 2 aromatic carbocycles. The average Bonchev–Trinajstić information content (AvgIpc) is 2.75. The summed E-state index contributed by atoms with van der Waals surface area (Å²) in [5.74, 6) is 0.108. The number of carbonyl (C=O) groups excluding carboxylic acids is 2. The molecule has 8 heteroatoms. The highest BCUT2D eigenvalue weighted by Crippen LogP contribution is 2.22. The van der Waals surface area contributed by atoms with Crippen LogP contribution in [0.15, 0.2) is 48.5 Å². The molecule has 1 saturated heterocycles. The first kappa shape index (κ1) is 19.7.